The number of likely N-dealkylation sites (tertiary alicyclic amines) is 1. The molecule has 0 bridgehead atoms. The first-order valence-corrected chi connectivity index (χ1v) is 7.33. The van der Waals surface area contributed by atoms with Crippen LogP contribution in [0.25, 0.3) is 0 Å². The zero-order chi connectivity index (χ0) is 13.7. The summed E-state index contributed by atoms with van der Waals surface area (Å²) in [4.78, 5) is 6.92. The number of aromatic nitrogens is 1. The molecule has 0 spiro atoms. The number of nitrogen functional groups attached to an aromatic ring is 1. The highest BCUT2D eigenvalue weighted by molar-refractivity contribution is 5.61. The molecule has 19 heavy (non-hydrogen) atoms. The summed E-state index contributed by atoms with van der Waals surface area (Å²) in [6.07, 6.45) is 5.96. The van der Waals surface area contributed by atoms with Gasteiger partial charge in [0.15, 0.2) is 0 Å². The summed E-state index contributed by atoms with van der Waals surface area (Å²) in [6, 6.07) is 1.96. The summed E-state index contributed by atoms with van der Waals surface area (Å²) in [5.74, 6) is 1.43. The van der Waals surface area contributed by atoms with E-state index in [2.05, 4.69) is 22.1 Å². The van der Waals surface area contributed by atoms with E-state index in [0.717, 1.165) is 23.6 Å². The van der Waals surface area contributed by atoms with Crippen LogP contribution in [0.3, 0.4) is 0 Å². The molecule has 0 radical (unpaired) electrons. The van der Waals surface area contributed by atoms with Crippen LogP contribution in [0.15, 0.2) is 12.3 Å². The van der Waals surface area contributed by atoms with Crippen molar-refractivity contribution in [3.63, 3.8) is 0 Å². The molecule has 0 aliphatic carbocycles. The second-order valence-electron chi connectivity index (χ2n) is 5.80. The molecule has 1 aromatic heterocycles. The molecule has 2 rings (SSSR count). The van der Waals surface area contributed by atoms with Crippen molar-refractivity contribution in [1.29, 1.82) is 0 Å². The van der Waals surface area contributed by atoms with E-state index in [1.54, 1.807) is 0 Å². The number of pyridine rings is 1. The van der Waals surface area contributed by atoms with E-state index in [9.17, 15) is 0 Å². The third-order valence-corrected chi connectivity index (χ3v) is 3.69. The number of rotatable bonds is 5. The van der Waals surface area contributed by atoms with Gasteiger partial charge in [0.05, 0.1) is 5.69 Å². The van der Waals surface area contributed by atoms with Gasteiger partial charge >= 0.3 is 0 Å². The number of nitrogens with two attached hydrogens (primary N) is 1. The smallest absolute Gasteiger partial charge is 0.149 e. The zero-order valence-electron chi connectivity index (χ0n) is 12.2. The lowest BCUT2D eigenvalue weighted by Crippen LogP contribution is -2.35. The van der Waals surface area contributed by atoms with Gasteiger partial charge in [-0.1, -0.05) is 13.3 Å². The molecule has 1 unspecified atom stereocenters. The Morgan fingerprint density at radius 1 is 1.37 bits per heavy atom. The fraction of sp³-hybridized carbons (Fsp3) is 0.667. The third kappa shape index (κ3) is 4.39. The highest BCUT2D eigenvalue weighted by atomic mass is 15.1. The molecule has 1 aliphatic heterocycles. The molecule has 1 atom stereocenters. The Morgan fingerprint density at radius 3 is 2.79 bits per heavy atom. The van der Waals surface area contributed by atoms with Crippen LogP contribution in [0.1, 0.15) is 31.7 Å². The summed E-state index contributed by atoms with van der Waals surface area (Å²) >= 11 is 0. The summed E-state index contributed by atoms with van der Waals surface area (Å²) in [5, 5.41) is 3.37. The molecule has 4 heteroatoms. The van der Waals surface area contributed by atoms with E-state index in [0.29, 0.717) is 5.92 Å². The van der Waals surface area contributed by atoms with Crippen molar-refractivity contribution in [2.24, 2.45) is 5.92 Å². The highest BCUT2D eigenvalue weighted by Gasteiger charge is 2.13. The van der Waals surface area contributed by atoms with E-state index in [1.807, 2.05) is 19.2 Å². The Labute approximate surface area is 116 Å². The maximum Gasteiger partial charge on any atom is 0.149 e. The van der Waals surface area contributed by atoms with Gasteiger partial charge in [-0.25, -0.2) is 4.98 Å². The van der Waals surface area contributed by atoms with E-state index < -0.39 is 0 Å². The third-order valence-electron chi connectivity index (χ3n) is 3.69. The molecule has 1 saturated heterocycles. The molecule has 1 aliphatic rings. The summed E-state index contributed by atoms with van der Waals surface area (Å²) < 4.78 is 0. The lowest BCUT2D eigenvalue weighted by Gasteiger charge is -2.29. The first-order valence-electron chi connectivity index (χ1n) is 7.33. The van der Waals surface area contributed by atoms with Crippen molar-refractivity contribution in [1.82, 2.24) is 9.88 Å². The molecule has 106 valence electrons. The summed E-state index contributed by atoms with van der Waals surface area (Å²) in [5.41, 5.74) is 7.80. The van der Waals surface area contributed by atoms with Crippen LogP contribution in [0.5, 0.6) is 0 Å². The number of piperidine rings is 1. The van der Waals surface area contributed by atoms with Crippen LogP contribution in [0, 0.1) is 12.8 Å². The predicted octanol–water partition coefficient (Wildman–Crippen LogP) is 2.51. The minimum Gasteiger partial charge on any atom is -0.396 e. The molecule has 2 heterocycles. The molecular formula is C15H26N4. The molecule has 1 fully saturated rings. The number of anilines is 2. The van der Waals surface area contributed by atoms with Gasteiger partial charge < -0.3 is 16.0 Å². The second-order valence-corrected chi connectivity index (χ2v) is 5.80. The number of hydrogen-bond donors (Lipinski definition) is 2. The minimum absolute atomic E-state index is 0.612. The molecule has 3 N–H and O–H groups in total. The largest absolute Gasteiger partial charge is 0.396 e. The normalized spacial score (nSPS) is 18.2. The number of aryl methyl sites for hydroxylation is 1. The Morgan fingerprint density at radius 2 is 2.11 bits per heavy atom. The van der Waals surface area contributed by atoms with E-state index in [4.69, 9.17) is 5.73 Å². The van der Waals surface area contributed by atoms with Crippen molar-refractivity contribution < 1.29 is 0 Å². The van der Waals surface area contributed by atoms with Gasteiger partial charge in [0.1, 0.15) is 5.82 Å². The fourth-order valence-corrected chi connectivity index (χ4v) is 2.66. The number of hydrogen-bond acceptors (Lipinski definition) is 4. The maximum atomic E-state index is 5.96. The van der Waals surface area contributed by atoms with Gasteiger partial charge in [0.2, 0.25) is 0 Å². The lowest BCUT2D eigenvalue weighted by molar-refractivity contribution is 0.204. The molecule has 0 amide bonds. The molecular weight excluding hydrogens is 236 g/mol. The summed E-state index contributed by atoms with van der Waals surface area (Å²) in [7, 11) is 0. The van der Waals surface area contributed by atoms with Crippen LogP contribution in [0.4, 0.5) is 11.5 Å². The predicted molar refractivity (Wildman–Crippen MR) is 81.3 cm³/mol. The first kappa shape index (κ1) is 14.1. The standard InChI is InChI=1S/C15H26N4/c1-12-8-14(16)15(17-9-12)18-10-13(2)11-19-6-4-3-5-7-19/h8-9,13H,3-7,10-11,16H2,1-2H3,(H,17,18). The van der Waals surface area contributed by atoms with Crippen molar-refractivity contribution in [2.75, 3.05) is 37.2 Å². The molecule has 4 nitrogen and oxygen atoms in total. The van der Waals surface area contributed by atoms with Crippen LogP contribution < -0.4 is 11.1 Å². The van der Waals surface area contributed by atoms with Crippen molar-refractivity contribution in [3.05, 3.63) is 17.8 Å². The Balaban J connectivity index is 1.77. The molecule has 0 aromatic carbocycles. The molecule has 0 saturated carbocycles. The molecule has 1 aromatic rings. The van der Waals surface area contributed by atoms with Crippen LogP contribution in [0.2, 0.25) is 0 Å². The van der Waals surface area contributed by atoms with Crippen molar-refractivity contribution >= 4 is 11.5 Å². The topological polar surface area (TPSA) is 54.2 Å². The van der Waals surface area contributed by atoms with Gasteiger partial charge in [-0.05, 0) is 50.4 Å². The monoisotopic (exact) mass is 262 g/mol. The number of nitrogens with one attached hydrogen (secondary N) is 1. The van der Waals surface area contributed by atoms with Gasteiger partial charge in [0.25, 0.3) is 0 Å². The van der Waals surface area contributed by atoms with Crippen molar-refractivity contribution in [3.8, 4) is 0 Å². The Bertz CT molecular complexity index is 399. The van der Waals surface area contributed by atoms with E-state index in [-0.39, 0.29) is 0 Å². The lowest BCUT2D eigenvalue weighted by atomic mass is 10.1. The van der Waals surface area contributed by atoms with Gasteiger partial charge in [-0.3, -0.25) is 0 Å². The second kappa shape index (κ2) is 6.75. The fourth-order valence-electron chi connectivity index (χ4n) is 2.66. The SMILES string of the molecule is Cc1cnc(NCC(C)CN2CCCCC2)c(N)c1. The average molecular weight is 262 g/mol. The van der Waals surface area contributed by atoms with E-state index in [1.165, 1.54) is 38.9 Å². The zero-order valence-corrected chi connectivity index (χ0v) is 12.2. The Hall–Kier alpha value is -1.29. The number of nitrogens with zero attached hydrogens (tertiary/aromatic N) is 2. The van der Waals surface area contributed by atoms with Gasteiger partial charge in [-0.15, -0.1) is 0 Å². The maximum absolute atomic E-state index is 5.96. The van der Waals surface area contributed by atoms with Crippen molar-refractivity contribution in [2.45, 2.75) is 33.1 Å². The highest BCUT2D eigenvalue weighted by Crippen LogP contribution is 2.17. The van der Waals surface area contributed by atoms with E-state index >= 15 is 0 Å². The van der Waals surface area contributed by atoms with Crippen LogP contribution >= 0.6 is 0 Å². The summed E-state index contributed by atoms with van der Waals surface area (Å²) in [6.45, 7) is 8.90. The average Bonchev–Trinajstić information content (AvgIpc) is 2.39. The minimum atomic E-state index is 0.612. The first-order chi connectivity index (χ1) is 9.15. The van der Waals surface area contributed by atoms with Crippen LogP contribution in [-0.4, -0.2) is 36.1 Å². The Kier molecular flexibility index (Phi) is 5.02. The van der Waals surface area contributed by atoms with Gasteiger partial charge in [-0.2, -0.15) is 0 Å². The quantitative estimate of drug-likeness (QED) is 0.856. The van der Waals surface area contributed by atoms with Crippen LogP contribution in [-0.2, 0) is 0 Å². The van der Waals surface area contributed by atoms with Gasteiger partial charge in [0, 0.05) is 19.3 Å².